The molecule has 2 heterocycles. The molecule has 5 nitrogen and oxygen atoms in total. The largest absolute Gasteiger partial charge is 0.493 e. The van der Waals surface area contributed by atoms with E-state index in [0.717, 1.165) is 10.6 Å². The minimum Gasteiger partial charge on any atom is -0.493 e. The Morgan fingerprint density at radius 1 is 1.36 bits per heavy atom. The van der Waals surface area contributed by atoms with E-state index >= 15 is 0 Å². The number of hydrogen-bond acceptors (Lipinski definition) is 6. The highest BCUT2D eigenvalue weighted by molar-refractivity contribution is 7.16. The number of carbonyl (C=O) groups is 1. The zero-order valence-corrected chi connectivity index (χ0v) is 15.9. The zero-order chi connectivity index (χ0) is 17.8. The molecular formula is C17H15ClN2O3S2. The van der Waals surface area contributed by atoms with Gasteiger partial charge >= 0.3 is 0 Å². The van der Waals surface area contributed by atoms with Crippen molar-refractivity contribution in [1.29, 1.82) is 0 Å². The molecule has 25 heavy (non-hydrogen) atoms. The van der Waals surface area contributed by atoms with E-state index in [4.69, 9.17) is 21.1 Å². The normalized spacial score (nSPS) is 10.5. The number of nitrogens with one attached hydrogen (secondary N) is 1. The van der Waals surface area contributed by atoms with Gasteiger partial charge in [0.25, 0.3) is 5.91 Å². The standard InChI is InChI=1S/C17H15ClN2O3S2/c1-3-23-15-11(18)7-10(8-13(15)22-2)16(21)20-17-19-12(9-25-17)14-5-4-6-24-14/h4-9H,3H2,1-2H3,(H,19,20,21). The zero-order valence-electron chi connectivity index (χ0n) is 13.5. The number of rotatable bonds is 6. The van der Waals surface area contributed by atoms with Crippen molar-refractivity contribution in [3.63, 3.8) is 0 Å². The van der Waals surface area contributed by atoms with Crippen molar-refractivity contribution in [3.05, 3.63) is 45.6 Å². The van der Waals surface area contributed by atoms with Crippen molar-refractivity contribution in [3.8, 4) is 22.1 Å². The first-order valence-electron chi connectivity index (χ1n) is 7.43. The Hall–Kier alpha value is -2.09. The highest BCUT2D eigenvalue weighted by atomic mass is 35.5. The number of ether oxygens (including phenoxy) is 2. The maximum Gasteiger partial charge on any atom is 0.257 e. The van der Waals surface area contributed by atoms with Crippen molar-refractivity contribution >= 4 is 45.3 Å². The lowest BCUT2D eigenvalue weighted by Crippen LogP contribution is -2.12. The molecule has 130 valence electrons. The fraction of sp³-hybridized carbons (Fsp3) is 0.176. The minimum atomic E-state index is -0.310. The van der Waals surface area contributed by atoms with Crippen LogP contribution in [0.5, 0.6) is 11.5 Å². The first kappa shape index (κ1) is 17.7. The lowest BCUT2D eigenvalue weighted by atomic mass is 10.2. The summed E-state index contributed by atoms with van der Waals surface area (Å²) in [6.45, 7) is 2.30. The van der Waals surface area contributed by atoms with Crippen molar-refractivity contribution in [2.75, 3.05) is 19.0 Å². The Morgan fingerprint density at radius 2 is 2.20 bits per heavy atom. The van der Waals surface area contributed by atoms with Crippen molar-refractivity contribution in [1.82, 2.24) is 4.98 Å². The summed E-state index contributed by atoms with van der Waals surface area (Å²) in [6.07, 6.45) is 0. The molecule has 0 fully saturated rings. The van der Waals surface area contributed by atoms with Crippen molar-refractivity contribution < 1.29 is 14.3 Å². The molecule has 3 aromatic rings. The molecular weight excluding hydrogens is 380 g/mol. The fourth-order valence-corrected chi connectivity index (χ4v) is 3.90. The van der Waals surface area contributed by atoms with Gasteiger partial charge in [0.05, 0.1) is 29.3 Å². The Kier molecular flexibility index (Phi) is 5.57. The summed E-state index contributed by atoms with van der Waals surface area (Å²) in [6, 6.07) is 7.10. The van der Waals surface area contributed by atoms with Crippen LogP contribution in [-0.4, -0.2) is 24.6 Å². The minimum absolute atomic E-state index is 0.310. The van der Waals surface area contributed by atoms with E-state index in [1.165, 1.54) is 18.4 Å². The summed E-state index contributed by atoms with van der Waals surface area (Å²) in [5.41, 5.74) is 1.22. The van der Waals surface area contributed by atoms with E-state index in [9.17, 15) is 4.79 Å². The second kappa shape index (κ2) is 7.86. The van der Waals surface area contributed by atoms with Crippen molar-refractivity contribution in [2.45, 2.75) is 6.92 Å². The molecule has 3 rings (SSSR count). The lowest BCUT2D eigenvalue weighted by molar-refractivity contribution is 0.102. The maximum atomic E-state index is 12.5. The van der Waals surface area contributed by atoms with Gasteiger partial charge < -0.3 is 9.47 Å². The summed E-state index contributed by atoms with van der Waals surface area (Å²) in [7, 11) is 1.50. The van der Waals surface area contributed by atoms with E-state index in [1.807, 2.05) is 29.8 Å². The molecule has 0 saturated heterocycles. The third-order valence-corrected chi connectivity index (χ3v) is 5.21. The number of thiazole rings is 1. The Labute approximate surface area is 158 Å². The molecule has 0 atom stereocenters. The highest BCUT2D eigenvalue weighted by Crippen LogP contribution is 2.36. The van der Waals surface area contributed by atoms with Crippen LogP contribution in [0.25, 0.3) is 10.6 Å². The molecule has 8 heteroatoms. The van der Waals surface area contributed by atoms with E-state index in [1.54, 1.807) is 23.5 Å². The molecule has 0 saturated carbocycles. The number of hydrogen-bond donors (Lipinski definition) is 1. The summed E-state index contributed by atoms with van der Waals surface area (Å²) < 4.78 is 10.7. The van der Waals surface area contributed by atoms with E-state index < -0.39 is 0 Å². The predicted molar refractivity (Wildman–Crippen MR) is 103 cm³/mol. The molecule has 1 amide bonds. The molecule has 1 aromatic carbocycles. The molecule has 0 aliphatic heterocycles. The van der Waals surface area contributed by atoms with Gasteiger partial charge in [0, 0.05) is 10.9 Å². The predicted octanol–water partition coefficient (Wildman–Crippen LogP) is 5.18. The van der Waals surface area contributed by atoms with Gasteiger partial charge in [-0.15, -0.1) is 22.7 Å². The number of halogens is 1. The number of carbonyl (C=O) groups excluding carboxylic acids is 1. The van der Waals surface area contributed by atoms with Gasteiger partial charge in [-0.3, -0.25) is 10.1 Å². The summed E-state index contributed by atoms with van der Waals surface area (Å²) in [4.78, 5) is 18.0. The van der Waals surface area contributed by atoms with Crippen LogP contribution in [-0.2, 0) is 0 Å². The number of aromatic nitrogens is 1. The van der Waals surface area contributed by atoms with Gasteiger partial charge in [-0.2, -0.15) is 0 Å². The third-order valence-electron chi connectivity index (χ3n) is 3.28. The van der Waals surface area contributed by atoms with Crippen LogP contribution in [0, 0.1) is 0 Å². The maximum absolute atomic E-state index is 12.5. The van der Waals surface area contributed by atoms with Crippen LogP contribution >= 0.6 is 34.3 Å². The Morgan fingerprint density at radius 3 is 2.88 bits per heavy atom. The fourth-order valence-electron chi connectivity index (χ4n) is 2.17. The molecule has 0 unspecified atom stereocenters. The Bertz CT molecular complexity index is 878. The van der Waals surface area contributed by atoms with E-state index in [-0.39, 0.29) is 5.91 Å². The van der Waals surface area contributed by atoms with Crippen LogP contribution in [0.1, 0.15) is 17.3 Å². The average molecular weight is 395 g/mol. The highest BCUT2D eigenvalue weighted by Gasteiger charge is 2.17. The second-order valence-corrected chi connectivity index (χ2v) is 7.10. The van der Waals surface area contributed by atoms with Gasteiger partial charge in [-0.05, 0) is 30.5 Å². The topological polar surface area (TPSA) is 60.5 Å². The monoisotopic (exact) mass is 394 g/mol. The second-order valence-electron chi connectivity index (χ2n) is 4.89. The van der Waals surface area contributed by atoms with E-state index in [0.29, 0.717) is 33.8 Å². The van der Waals surface area contributed by atoms with E-state index in [2.05, 4.69) is 10.3 Å². The smallest absolute Gasteiger partial charge is 0.257 e. The number of methoxy groups -OCH3 is 1. The first-order valence-corrected chi connectivity index (χ1v) is 9.57. The van der Waals surface area contributed by atoms with Gasteiger partial charge in [0.2, 0.25) is 0 Å². The molecule has 2 aromatic heterocycles. The van der Waals surface area contributed by atoms with Gasteiger partial charge in [0.15, 0.2) is 16.6 Å². The molecule has 1 N–H and O–H groups in total. The van der Waals surface area contributed by atoms with Crippen LogP contribution < -0.4 is 14.8 Å². The molecule has 0 radical (unpaired) electrons. The number of amides is 1. The number of nitrogens with zero attached hydrogens (tertiary/aromatic N) is 1. The molecule has 0 aliphatic carbocycles. The number of thiophene rings is 1. The summed E-state index contributed by atoms with van der Waals surface area (Å²) in [5, 5.41) is 7.53. The number of benzene rings is 1. The van der Waals surface area contributed by atoms with Crippen molar-refractivity contribution in [2.24, 2.45) is 0 Å². The molecule has 0 bridgehead atoms. The lowest BCUT2D eigenvalue weighted by Gasteiger charge is -2.12. The van der Waals surface area contributed by atoms with Gasteiger partial charge in [0.1, 0.15) is 0 Å². The quantitative estimate of drug-likeness (QED) is 0.625. The Balaban J connectivity index is 1.80. The van der Waals surface area contributed by atoms with Crippen LogP contribution in [0.4, 0.5) is 5.13 Å². The molecule has 0 spiro atoms. The van der Waals surface area contributed by atoms with Crippen LogP contribution in [0.2, 0.25) is 5.02 Å². The number of anilines is 1. The molecule has 0 aliphatic rings. The average Bonchev–Trinajstić information content (AvgIpc) is 3.27. The summed E-state index contributed by atoms with van der Waals surface area (Å²) in [5.74, 6) is 0.533. The first-order chi connectivity index (χ1) is 12.1. The van der Waals surface area contributed by atoms with Crippen LogP contribution in [0.3, 0.4) is 0 Å². The van der Waals surface area contributed by atoms with Gasteiger partial charge in [-0.1, -0.05) is 17.7 Å². The summed E-state index contributed by atoms with van der Waals surface area (Å²) >= 11 is 9.19. The SMILES string of the molecule is CCOc1c(Cl)cc(C(=O)Nc2nc(-c3cccs3)cs2)cc1OC. The van der Waals surface area contributed by atoms with Gasteiger partial charge in [-0.25, -0.2) is 4.98 Å². The third kappa shape index (κ3) is 3.95. The van der Waals surface area contributed by atoms with Crippen LogP contribution in [0.15, 0.2) is 35.0 Å².